The molecule has 0 aromatic heterocycles. The molecule has 0 saturated heterocycles. The number of nitrogens with one attached hydrogen (secondary N) is 2. The predicted octanol–water partition coefficient (Wildman–Crippen LogP) is 5.06. The third-order valence-electron chi connectivity index (χ3n) is 6.68. The molecule has 210 valence electrons. The van der Waals surface area contributed by atoms with Crippen LogP contribution in [0.4, 0.5) is 5.69 Å². The van der Waals surface area contributed by atoms with Crippen LogP contribution < -0.4 is 19.5 Å². The van der Waals surface area contributed by atoms with Gasteiger partial charge >= 0.3 is 0 Å². The molecule has 0 saturated carbocycles. The van der Waals surface area contributed by atoms with Crippen LogP contribution in [0.1, 0.15) is 35.1 Å². The van der Waals surface area contributed by atoms with Crippen molar-refractivity contribution in [2.45, 2.75) is 23.3 Å². The van der Waals surface area contributed by atoms with Gasteiger partial charge in [0.1, 0.15) is 17.2 Å². The van der Waals surface area contributed by atoms with Crippen LogP contribution in [0.25, 0.3) is 0 Å². The zero-order valence-electron chi connectivity index (χ0n) is 22.4. The second kappa shape index (κ2) is 13.3. The number of phenols is 1. The van der Waals surface area contributed by atoms with Gasteiger partial charge in [0.2, 0.25) is 0 Å². The summed E-state index contributed by atoms with van der Waals surface area (Å²) in [7, 11) is -0.632. The van der Waals surface area contributed by atoms with Crippen LogP contribution in [-0.4, -0.2) is 45.9 Å². The van der Waals surface area contributed by atoms with Crippen molar-refractivity contribution < 1.29 is 28.1 Å². The molecule has 40 heavy (non-hydrogen) atoms. The second-order valence-electron chi connectivity index (χ2n) is 9.30. The summed E-state index contributed by atoms with van der Waals surface area (Å²) in [5, 5.41) is 24.3. The van der Waals surface area contributed by atoms with Crippen molar-refractivity contribution in [3.8, 4) is 17.2 Å². The predicted molar refractivity (Wildman–Crippen MR) is 156 cm³/mol. The number of rotatable bonds is 13. The van der Waals surface area contributed by atoms with E-state index in [1.54, 1.807) is 32.4 Å². The van der Waals surface area contributed by atoms with Gasteiger partial charge in [-0.15, -0.1) is 0 Å². The first-order valence-electron chi connectivity index (χ1n) is 12.9. The monoisotopic (exact) mass is 562 g/mol. The number of phenolic OH excluding ortho intramolecular Hbond substituents is 1. The van der Waals surface area contributed by atoms with Gasteiger partial charge < -0.3 is 25.0 Å². The Hall–Kier alpha value is -4.05. The number of ether oxygens (including phenoxy) is 2. The van der Waals surface area contributed by atoms with Gasteiger partial charge in [0.15, 0.2) is 0 Å². The molecule has 0 amide bonds. The Balaban J connectivity index is 1.44. The lowest BCUT2D eigenvalue weighted by atomic mass is 9.88. The Morgan fingerprint density at radius 1 is 0.800 bits per heavy atom. The lowest BCUT2D eigenvalue weighted by Gasteiger charge is -2.21. The average molecular weight is 563 g/mol. The van der Waals surface area contributed by atoms with Crippen molar-refractivity contribution in [1.82, 2.24) is 5.32 Å². The van der Waals surface area contributed by atoms with Crippen LogP contribution in [0.2, 0.25) is 0 Å². The topological polar surface area (TPSA) is 117 Å². The summed E-state index contributed by atoms with van der Waals surface area (Å²) in [6.45, 7) is 0.770. The van der Waals surface area contributed by atoms with Gasteiger partial charge in [-0.05, 0) is 66.6 Å². The molecule has 0 aliphatic rings. The van der Waals surface area contributed by atoms with E-state index in [0.29, 0.717) is 12.1 Å². The molecule has 0 spiro atoms. The van der Waals surface area contributed by atoms with E-state index in [9.17, 15) is 18.6 Å². The van der Waals surface area contributed by atoms with Crippen LogP contribution >= 0.6 is 0 Å². The smallest absolute Gasteiger partial charge is 0.261 e. The minimum Gasteiger partial charge on any atom is -0.508 e. The van der Waals surface area contributed by atoms with Gasteiger partial charge in [0.25, 0.3) is 10.0 Å². The van der Waals surface area contributed by atoms with E-state index >= 15 is 0 Å². The Labute approximate surface area is 235 Å². The summed E-state index contributed by atoms with van der Waals surface area (Å²) in [6, 6.07) is 28.1. The molecule has 0 aliphatic heterocycles. The van der Waals surface area contributed by atoms with Crippen LogP contribution in [-0.2, 0) is 10.0 Å². The van der Waals surface area contributed by atoms with Crippen LogP contribution in [0.5, 0.6) is 17.2 Å². The molecule has 9 heteroatoms. The maximum atomic E-state index is 12.9. The maximum Gasteiger partial charge on any atom is 0.261 e. The standard InChI is InChI=1S/C31H34N2O6S/c1-38-25-13-8-22(9-14-25)28(23-10-15-26(39-2)16-11-23)18-19-32-21-31(35)29-17-12-24(34)20-30(29)33-40(36,37)27-6-4-3-5-7-27/h3-17,20,28,31-35H,18-19,21H2,1-2H3/t31-/m0/s1. The Kier molecular flexibility index (Phi) is 9.65. The Morgan fingerprint density at radius 3 is 1.93 bits per heavy atom. The molecule has 4 rings (SSSR count). The molecular weight excluding hydrogens is 528 g/mol. The highest BCUT2D eigenvalue weighted by Crippen LogP contribution is 2.31. The lowest BCUT2D eigenvalue weighted by Crippen LogP contribution is -2.25. The van der Waals surface area contributed by atoms with Gasteiger partial charge in [-0.25, -0.2) is 8.42 Å². The molecule has 4 aromatic rings. The highest BCUT2D eigenvalue weighted by atomic mass is 32.2. The number of aliphatic hydroxyl groups excluding tert-OH is 1. The van der Waals surface area contributed by atoms with E-state index in [1.165, 1.54) is 30.3 Å². The second-order valence-corrected chi connectivity index (χ2v) is 11.0. The minimum atomic E-state index is -3.90. The average Bonchev–Trinajstić information content (AvgIpc) is 2.97. The number of aromatic hydroxyl groups is 1. The van der Waals surface area contributed by atoms with Crippen LogP contribution in [0.15, 0.2) is 102 Å². The van der Waals surface area contributed by atoms with E-state index in [1.807, 2.05) is 48.5 Å². The lowest BCUT2D eigenvalue weighted by molar-refractivity contribution is 0.175. The van der Waals surface area contributed by atoms with Crippen molar-refractivity contribution >= 4 is 15.7 Å². The first kappa shape index (κ1) is 28.9. The van der Waals surface area contributed by atoms with E-state index in [0.717, 1.165) is 29.0 Å². The molecule has 8 nitrogen and oxygen atoms in total. The normalized spacial score (nSPS) is 12.2. The van der Waals surface area contributed by atoms with Crippen LogP contribution in [0.3, 0.4) is 0 Å². The molecule has 4 aromatic carbocycles. The van der Waals surface area contributed by atoms with Crippen molar-refractivity contribution in [3.63, 3.8) is 0 Å². The first-order chi connectivity index (χ1) is 19.3. The number of aliphatic hydroxyl groups is 1. The number of benzene rings is 4. The summed E-state index contributed by atoms with van der Waals surface area (Å²) < 4.78 is 38.9. The van der Waals surface area contributed by atoms with E-state index in [4.69, 9.17) is 9.47 Å². The van der Waals surface area contributed by atoms with Gasteiger partial charge in [-0.3, -0.25) is 4.72 Å². The van der Waals surface area contributed by atoms with Gasteiger partial charge in [-0.1, -0.05) is 48.5 Å². The first-order valence-corrected chi connectivity index (χ1v) is 14.4. The number of hydrogen-bond donors (Lipinski definition) is 4. The van der Waals surface area contributed by atoms with Crippen molar-refractivity contribution in [2.24, 2.45) is 0 Å². The maximum absolute atomic E-state index is 12.9. The van der Waals surface area contributed by atoms with Crippen molar-refractivity contribution in [1.29, 1.82) is 0 Å². The fourth-order valence-electron chi connectivity index (χ4n) is 4.52. The summed E-state index contributed by atoms with van der Waals surface area (Å²) in [5.41, 5.74) is 2.73. The number of anilines is 1. The molecular formula is C31H34N2O6S. The summed E-state index contributed by atoms with van der Waals surface area (Å²) in [4.78, 5) is 0.0833. The Bertz CT molecular complexity index is 1430. The third kappa shape index (κ3) is 7.32. The molecule has 1 atom stereocenters. The fourth-order valence-corrected chi connectivity index (χ4v) is 5.62. The zero-order valence-corrected chi connectivity index (χ0v) is 23.3. The van der Waals surface area contributed by atoms with E-state index in [2.05, 4.69) is 10.0 Å². The van der Waals surface area contributed by atoms with Crippen molar-refractivity contribution in [2.75, 3.05) is 32.0 Å². The summed E-state index contributed by atoms with van der Waals surface area (Å²) in [5.74, 6) is 1.54. The molecule has 4 N–H and O–H groups in total. The molecule has 0 unspecified atom stereocenters. The number of hydrogen-bond acceptors (Lipinski definition) is 7. The molecule has 0 fully saturated rings. The summed E-state index contributed by atoms with van der Waals surface area (Å²) in [6.07, 6.45) is -0.274. The zero-order chi connectivity index (χ0) is 28.5. The molecule has 0 radical (unpaired) electrons. The summed E-state index contributed by atoms with van der Waals surface area (Å²) >= 11 is 0. The number of methoxy groups -OCH3 is 2. The Morgan fingerprint density at radius 2 is 1.38 bits per heavy atom. The number of sulfonamides is 1. The largest absolute Gasteiger partial charge is 0.508 e. The van der Waals surface area contributed by atoms with Gasteiger partial charge in [0, 0.05) is 24.1 Å². The highest BCUT2D eigenvalue weighted by Gasteiger charge is 2.20. The van der Waals surface area contributed by atoms with Gasteiger partial charge in [0.05, 0.1) is 30.9 Å². The fraction of sp³-hybridized carbons (Fsp3) is 0.226. The molecule has 0 aliphatic carbocycles. The minimum absolute atomic E-state index is 0.0833. The third-order valence-corrected chi connectivity index (χ3v) is 8.06. The molecule has 0 heterocycles. The van der Waals surface area contributed by atoms with Gasteiger partial charge in [-0.2, -0.15) is 0 Å². The molecule has 0 bridgehead atoms. The van der Waals surface area contributed by atoms with Crippen molar-refractivity contribution in [3.05, 3.63) is 114 Å². The highest BCUT2D eigenvalue weighted by molar-refractivity contribution is 7.92. The van der Waals surface area contributed by atoms with E-state index in [-0.39, 0.29) is 28.8 Å². The SMILES string of the molecule is COc1ccc(C(CCNC[C@H](O)c2ccc(O)cc2NS(=O)(=O)c2ccccc2)c2ccc(OC)cc2)cc1. The van der Waals surface area contributed by atoms with Crippen LogP contribution in [0, 0.1) is 0 Å². The quantitative estimate of drug-likeness (QED) is 0.168. The van der Waals surface area contributed by atoms with E-state index < -0.39 is 16.1 Å².